The van der Waals surface area contributed by atoms with Gasteiger partial charge in [0.2, 0.25) is 0 Å². The van der Waals surface area contributed by atoms with E-state index in [1.807, 2.05) is 7.11 Å². The van der Waals surface area contributed by atoms with Crippen LogP contribution in [0, 0.1) is 20.8 Å². The number of aryl methyl sites for hydroxylation is 3. The molecule has 6 rings (SSSR count). The van der Waals surface area contributed by atoms with Crippen molar-refractivity contribution in [1.29, 1.82) is 0 Å². The minimum Gasteiger partial charge on any atom is -0.496 e. The van der Waals surface area contributed by atoms with Gasteiger partial charge < -0.3 is 18.9 Å². The van der Waals surface area contributed by atoms with Gasteiger partial charge in [0.1, 0.15) is 17.2 Å². The maximum atomic E-state index is 12.5. The van der Waals surface area contributed by atoms with Crippen molar-refractivity contribution < 1.29 is 23.7 Å². The summed E-state index contributed by atoms with van der Waals surface area (Å²) in [4.78, 5) is 12.5. The number of benzene rings is 3. The minimum atomic E-state index is -0.274. The molecule has 0 saturated heterocycles. The number of esters is 1. The van der Waals surface area contributed by atoms with E-state index in [0.717, 1.165) is 36.5 Å². The van der Waals surface area contributed by atoms with E-state index in [0.29, 0.717) is 23.7 Å². The van der Waals surface area contributed by atoms with Crippen LogP contribution in [0.25, 0.3) is 0 Å². The third-order valence-electron chi connectivity index (χ3n) is 13.4. The lowest BCUT2D eigenvalue weighted by Gasteiger charge is -2.32. The van der Waals surface area contributed by atoms with E-state index in [1.165, 1.54) is 140 Å². The van der Waals surface area contributed by atoms with Crippen molar-refractivity contribution in [2.75, 3.05) is 13.9 Å². The molecule has 5 heteroatoms. The normalized spacial score (nSPS) is 18.7. The highest BCUT2D eigenvalue weighted by Crippen LogP contribution is 2.48. The van der Waals surface area contributed by atoms with Crippen LogP contribution in [0.1, 0.15) is 217 Å². The zero-order valence-electron chi connectivity index (χ0n) is 36.4. The number of hydrogen-bond acceptors (Lipinski definition) is 5. The van der Waals surface area contributed by atoms with Gasteiger partial charge in [0.25, 0.3) is 0 Å². The van der Waals surface area contributed by atoms with Crippen molar-refractivity contribution in [3.63, 3.8) is 0 Å². The fourth-order valence-corrected chi connectivity index (χ4v) is 10.3. The molecule has 0 bridgehead atoms. The molecule has 0 radical (unpaired) electrons. The molecule has 0 aliphatic heterocycles. The molecule has 3 aromatic rings. The summed E-state index contributed by atoms with van der Waals surface area (Å²) in [5.74, 6) is 4.40. The molecular formula is C51H72O5. The van der Waals surface area contributed by atoms with E-state index >= 15 is 0 Å². The van der Waals surface area contributed by atoms with Gasteiger partial charge in [-0.1, -0.05) is 82.9 Å². The van der Waals surface area contributed by atoms with Crippen LogP contribution in [0.4, 0.5) is 0 Å². The fourth-order valence-electron chi connectivity index (χ4n) is 10.3. The third-order valence-corrected chi connectivity index (χ3v) is 13.4. The first-order chi connectivity index (χ1) is 26.8. The van der Waals surface area contributed by atoms with Gasteiger partial charge in [0.15, 0.2) is 6.79 Å². The molecule has 306 valence electrons. The summed E-state index contributed by atoms with van der Waals surface area (Å²) in [5.41, 5.74) is 11.6. The van der Waals surface area contributed by atoms with E-state index in [-0.39, 0.29) is 24.3 Å². The minimum absolute atomic E-state index is 0.139. The summed E-state index contributed by atoms with van der Waals surface area (Å²) in [5, 5.41) is 0. The summed E-state index contributed by atoms with van der Waals surface area (Å²) in [6, 6.07) is 14.3. The summed E-state index contributed by atoms with van der Waals surface area (Å²) in [7, 11) is 1.84. The SMILES string of the molecule is COc1cc(C)c(C(C)CC(c2cc(C3CCCCC3)c(OCOC(C)(C)C)cc2C)c2cc(C3CCCCC3)c(OC(C)=O)cc2C)cc1C1CCCCC1. The Balaban J connectivity index is 1.49. The molecular weight excluding hydrogens is 693 g/mol. The predicted molar refractivity (Wildman–Crippen MR) is 230 cm³/mol. The maximum absolute atomic E-state index is 12.5. The maximum Gasteiger partial charge on any atom is 0.308 e. The van der Waals surface area contributed by atoms with E-state index in [9.17, 15) is 4.79 Å². The first kappa shape index (κ1) is 42.3. The van der Waals surface area contributed by atoms with Gasteiger partial charge in [-0.05, 0) is 178 Å². The molecule has 3 saturated carbocycles. The lowest BCUT2D eigenvalue weighted by molar-refractivity contribution is -0.131. The van der Waals surface area contributed by atoms with Gasteiger partial charge in [-0.3, -0.25) is 4.79 Å². The van der Waals surface area contributed by atoms with Gasteiger partial charge in [-0.15, -0.1) is 0 Å². The number of carbonyl (C=O) groups is 1. The van der Waals surface area contributed by atoms with Gasteiger partial charge >= 0.3 is 5.97 Å². The van der Waals surface area contributed by atoms with Crippen LogP contribution in [-0.2, 0) is 9.53 Å². The average molecular weight is 765 g/mol. The lowest BCUT2D eigenvalue weighted by atomic mass is 9.74. The molecule has 3 fully saturated rings. The second kappa shape index (κ2) is 19.0. The van der Waals surface area contributed by atoms with Crippen LogP contribution in [-0.4, -0.2) is 25.5 Å². The molecule has 0 aromatic heterocycles. The number of carbonyl (C=O) groups excluding carboxylic acids is 1. The molecule has 56 heavy (non-hydrogen) atoms. The Bertz CT molecular complexity index is 1780. The monoisotopic (exact) mass is 765 g/mol. The van der Waals surface area contributed by atoms with Gasteiger partial charge in [-0.2, -0.15) is 0 Å². The van der Waals surface area contributed by atoms with E-state index < -0.39 is 0 Å². The standard InChI is InChI=1S/C51H72O5/c1-33(41-29-44(38-19-13-10-14-20-38)48(53-9)26-34(41)2)25-47(43-31-46(40-23-17-12-18-24-40)50(28-36(43)4)56-37(5)52)42-30-45(39-21-15-11-16-22-39)49(27-35(42)3)54-32-55-51(6,7)8/h26-31,33,38-40,47H,10-25,32H2,1-9H3. The highest BCUT2D eigenvalue weighted by Gasteiger charge is 2.31. The molecule has 2 unspecified atom stereocenters. The summed E-state index contributed by atoms with van der Waals surface area (Å²) >= 11 is 0. The molecule has 3 aliphatic carbocycles. The Morgan fingerprint density at radius 2 is 1.04 bits per heavy atom. The topological polar surface area (TPSA) is 54.0 Å². The molecule has 0 amide bonds. The quantitative estimate of drug-likeness (QED) is 0.0985. The van der Waals surface area contributed by atoms with Crippen LogP contribution in [0.2, 0.25) is 0 Å². The highest BCUT2D eigenvalue weighted by atomic mass is 16.7. The second-order valence-corrected chi connectivity index (χ2v) is 18.8. The van der Waals surface area contributed by atoms with E-state index in [2.05, 4.69) is 84.9 Å². The Labute approximate surface area is 339 Å². The number of rotatable bonds is 13. The molecule has 2 atom stereocenters. The first-order valence-corrected chi connectivity index (χ1v) is 22.2. The van der Waals surface area contributed by atoms with Crippen molar-refractivity contribution in [1.82, 2.24) is 0 Å². The van der Waals surface area contributed by atoms with Gasteiger partial charge in [0, 0.05) is 12.8 Å². The molecule has 0 N–H and O–H groups in total. The van der Waals surface area contributed by atoms with E-state index in [4.69, 9.17) is 18.9 Å². The molecule has 5 nitrogen and oxygen atoms in total. The van der Waals surface area contributed by atoms with Crippen molar-refractivity contribution >= 4 is 5.97 Å². The van der Waals surface area contributed by atoms with E-state index in [1.54, 1.807) is 0 Å². The molecule has 0 spiro atoms. The Morgan fingerprint density at radius 1 is 0.625 bits per heavy atom. The average Bonchev–Trinajstić information content (AvgIpc) is 3.17. The van der Waals surface area contributed by atoms with Gasteiger partial charge in [0.05, 0.1) is 12.7 Å². The van der Waals surface area contributed by atoms with Gasteiger partial charge in [-0.25, -0.2) is 0 Å². The Kier molecular flexibility index (Phi) is 14.3. The smallest absolute Gasteiger partial charge is 0.308 e. The fraction of sp³-hybridized carbons (Fsp3) is 0.627. The first-order valence-electron chi connectivity index (χ1n) is 22.2. The molecule has 0 heterocycles. The number of ether oxygens (including phenoxy) is 4. The second-order valence-electron chi connectivity index (χ2n) is 18.8. The van der Waals surface area contributed by atoms with Crippen molar-refractivity contribution in [3.05, 3.63) is 86.5 Å². The molecule has 3 aliphatic rings. The molecule has 3 aromatic carbocycles. The predicted octanol–water partition coefficient (Wildman–Crippen LogP) is 14.2. The van der Waals surface area contributed by atoms with Crippen LogP contribution < -0.4 is 14.2 Å². The van der Waals surface area contributed by atoms with Crippen molar-refractivity contribution in [2.45, 2.75) is 193 Å². The van der Waals surface area contributed by atoms with Crippen LogP contribution in [0.15, 0.2) is 36.4 Å². The highest BCUT2D eigenvalue weighted by molar-refractivity contribution is 5.70. The van der Waals surface area contributed by atoms with Crippen LogP contribution in [0.5, 0.6) is 17.2 Å². The Hall–Kier alpha value is -3.31. The zero-order valence-corrected chi connectivity index (χ0v) is 36.4. The summed E-state index contributed by atoms with van der Waals surface area (Å²) < 4.78 is 24.7. The zero-order chi connectivity index (χ0) is 40.0. The van der Waals surface area contributed by atoms with Crippen molar-refractivity contribution in [3.8, 4) is 17.2 Å². The number of hydrogen-bond donors (Lipinski definition) is 0. The largest absolute Gasteiger partial charge is 0.496 e. The Morgan fingerprint density at radius 3 is 1.50 bits per heavy atom. The summed E-state index contributed by atoms with van der Waals surface area (Å²) in [6.07, 6.45) is 19.6. The van der Waals surface area contributed by atoms with Crippen LogP contribution >= 0.6 is 0 Å². The van der Waals surface area contributed by atoms with Crippen molar-refractivity contribution in [2.24, 2.45) is 0 Å². The lowest BCUT2D eigenvalue weighted by Crippen LogP contribution is -2.22. The van der Waals surface area contributed by atoms with Crippen LogP contribution in [0.3, 0.4) is 0 Å². The number of methoxy groups -OCH3 is 1. The summed E-state index contributed by atoms with van der Waals surface area (Å²) in [6.45, 7) is 17.2. The third kappa shape index (κ3) is 10.4.